The van der Waals surface area contributed by atoms with E-state index in [9.17, 15) is 22.0 Å². The van der Waals surface area contributed by atoms with Crippen LogP contribution in [0.2, 0.25) is 0 Å². The number of pyridine rings is 1. The molecule has 130 valence electrons. The van der Waals surface area contributed by atoms with Crippen molar-refractivity contribution in [3.05, 3.63) is 58.9 Å². The molecule has 1 unspecified atom stereocenters. The SMILES string of the molecule is CC1(c2c(F)cccc2F)N=Cc2cc(C(F)(F)F)ncc2N=C1N. The van der Waals surface area contributed by atoms with Crippen LogP contribution in [0, 0.1) is 11.6 Å². The lowest BCUT2D eigenvalue weighted by Crippen LogP contribution is -2.38. The highest BCUT2D eigenvalue weighted by Crippen LogP contribution is 2.36. The number of hydrogen-bond donors (Lipinski definition) is 1. The Labute approximate surface area is 138 Å². The number of aromatic nitrogens is 1. The first kappa shape index (κ1) is 17.0. The molecule has 3 rings (SSSR count). The first-order valence-corrected chi connectivity index (χ1v) is 7.04. The van der Waals surface area contributed by atoms with Crippen molar-refractivity contribution < 1.29 is 22.0 Å². The number of alkyl halides is 3. The fourth-order valence-electron chi connectivity index (χ4n) is 2.47. The minimum Gasteiger partial charge on any atom is -0.385 e. The van der Waals surface area contributed by atoms with Crippen LogP contribution in [-0.4, -0.2) is 17.0 Å². The number of rotatable bonds is 1. The lowest BCUT2D eigenvalue weighted by Gasteiger charge is -2.25. The molecule has 0 radical (unpaired) electrons. The van der Waals surface area contributed by atoms with E-state index in [1.54, 1.807) is 0 Å². The van der Waals surface area contributed by atoms with Gasteiger partial charge in [-0.1, -0.05) is 6.07 Å². The molecule has 0 saturated carbocycles. The van der Waals surface area contributed by atoms with E-state index < -0.39 is 34.6 Å². The normalized spacial score (nSPS) is 20.0. The highest BCUT2D eigenvalue weighted by atomic mass is 19.4. The Morgan fingerprint density at radius 3 is 2.36 bits per heavy atom. The molecule has 0 amide bonds. The maximum atomic E-state index is 14.1. The molecule has 9 heteroatoms. The standard InChI is InChI=1S/C16H11F5N4/c1-15(13-9(17)3-2-4-10(13)18)14(22)25-11-7-23-12(16(19,20)21)5-8(11)6-24-15/h2-7H,1H3,(H2,22,25). The van der Waals surface area contributed by atoms with E-state index in [1.165, 1.54) is 13.0 Å². The van der Waals surface area contributed by atoms with E-state index in [0.29, 0.717) is 0 Å². The van der Waals surface area contributed by atoms with Gasteiger partial charge in [0, 0.05) is 11.8 Å². The summed E-state index contributed by atoms with van der Waals surface area (Å²) in [4.78, 5) is 11.3. The number of aliphatic imine (C=N–C) groups is 2. The summed E-state index contributed by atoms with van der Waals surface area (Å²) in [5, 5.41) is 0. The molecule has 2 aromatic rings. The maximum Gasteiger partial charge on any atom is 0.433 e. The number of nitrogens with two attached hydrogens (primary N) is 1. The lowest BCUT2D eigenvalue weighted by atomic mass is 9.90. The van der Waals surface area contributed by atoms with Crippen LogP contribution >= 0.6 is 0 Å². The van der Waals surface area contributed by atoms with Crippen molar-refractivity contribution in [1.82, 2.24) is 4.98 Å². The van der Waals surface area contributed by atoms with Gasteiger partial charge in [-0.25, -0.2) is 18.8 Å². The molecule has 2 heterocycles. The third-order valence-electron chi connectivity index (χ3n) is 3.86. The van der Waals surface area contributed by atoms with Crippen molar-refractivity contribution in [3.8, 4) is 0 Å². The fourth-order valence-corrected chi connectivity index (χ4v) is 2.47. The van der Waals surface area contributed by atoms with Crippen LogP contribution in [0.1, 0.15) is 23.7 Å². The Bertz CT molecular complexity index is 884. The molecular weight excluding hydrogens is 343 g/mol. The highest BCUT2D eigenvalue weighted by molar-refractivity contribution is 6.00. The first-order chi connectivity index (χ1) is 11.6. The second-order valence-corrected chi connectivity index (χ2v) is 5.55. The number of benzene rings is 1. The summed E-state index contributed by atoms with van der Waals surface area (Å²) < 4.78 is 66.7. The van der Waals surface area contributed by atoms with E-state index in [4.69, 9.17) is 5.73 Å². The van der Waals surface area contributed by atoms with E-state index >= 15 is 0 Å². The van der Waals surface area contributed by atoms with Crippen LogP contribution in [0.25, 0.3) is 0 Å². The smallest absolute Gasteiger partial charge is 0.385 e. The lowest BCUT2D eigenvalue weighted by molar-refractivity contribution is -0.141. The Morgan fingerprint density at radius 1 is 1.12 bits per heavy atom. The molecule has 1 aromatic heterocycles. The molecule has 2 N–H and O–H groups in total. The van der Waals surface area contributed by atoms with Crippen LogP contribution in [0.4, 0.5) is 27.6 Å². The predicted molar refractivity (Wildman–Crippen MR) is 81.8 cm³/mol. The number of amidine groups is 1. The van der Waals surface area contributed by atoms with Gasteiger partial charge in [-0.2, -0.15) is 13.2 Å². The van der Waals surface area contributed by atoms with Gasteiger partial charge in [-0.3, -0.25) is 4.99 Å². The zero-order valence-electron chi connectivity index (χ0n) is 12.8. The minimum atomic E-state index is -4.65. The number of fused-ring (bicyclic) bond motifs is 1. The Balaban J connectivity index is 2.18. The number of halogens is 5. The van der Waals surface area contributed by atoms with Crippen LogP contribution in [0.3, 0.4) is 0 Å². The van der Waals surface area contributed by atoms with E-state index in [0.717, 1.165) is 30.6 Å². The van der Waals surface area contributed by atoms with Crippen molar-refractivity contribution in [2.45, 2.75) is 18.6 Å². The molecule has 4 nitrogen and oxygen atoms in total. The Hall–Kier alpha value is -2.84. The minimum absolute atomic E-state index is 0.00857. The monoisotopic (exact) mass is 354 g/mol. The van der Waals surface area contributed by atoms with Crippen molar-refractivity contribution in [3.63, 3.8) is 0 Å². The van der Waals surface area contributed by atoms with Crippen molar-refractivity contribution in [2.75, 3.05) is 0 Å². The summed E-state index contributed by atoms with van der Waals surface area (Å²) in [7, 11) is 0. The zero-order valence-corrected chi connectivity index (χ0v) is 12.8. The van der Waals surface area contributed by atoms with Gasteiger partial charge in [0.15, 0.2) is 0 Å². The molecule has 0 bridgehead atoms. The molecule has 1 aliphatic rings. The van der Waals surface area contributed by atoms with Gasteiger partial charge < -0.3 is 5.73 Å². The van der Waals surface area contributed by atoms with Gasteiger partial charge in [0.1, 0.15) is 28.7 Å². The summed E-state index contributed by atoms with van der Waals surface area (Å²) in [6, 6.07) is 4.00. The Kier molecular flexibility index (Phi) is 3.81. The van der Waals surface area contributed by atoms with Crippen molar-refractivity contribution in [1.29, 1.82) is 0 Å². The van der Waals surface area contributed by atoms with Crippen molar-refractivity contribution in [2.24, 2.45) is 15.7 Å². The van der Waals surface area contributed by atoms with Crippen LogP contribution in [0.15, 0.2) is 40.4 Å². The summed E-state index contributed by atoms with van der Waals surface area (Å²) in [6.45, 7) is 1.33. The molecule has 0 saturated heterocycles. The third kappa shape index (κ3) is 2.86. The average Bonchev–Trinajstić information content (AvgIpc) is 2.64. The van der Waals surface area contributed by atoms with Crippen molar-refractivity contribution >= 4 is 17.7 Å². The third-order valence-corrected chi connectivity index (χ3v) is 3.86. The summed E-state index contributed by atoms with van der Waals surface area (Å²) in [5.74, 6) is -2.05. The van der Waals surface area contributed by atoms with Crippen LogP contribution < -0.4 is 5.73 Å². The highest BCUT2D eigenvalue weighted by Gasteiger charge is 2.38. The molecular formula is C16H11F5N4. The average molecular weight is 354 g/mol. The van der Waals surface area contributed by atoms with Gasteiger partial charge in [-0.05, 0) is 25.1 Å². The van der Waals surface area contributed by atoms with E-state index in [1.807, 2.05) is 0 Å². The molecule has 0 fully saturated rings. The number of nitrogens with zero attached hydrogens (tertiary/aromatic N) is 3. The second-order valence-electron chi connectivity index (χ2n) is 5.55. The topological polar surface area (TPSA) is 63.6 Å². The van der Waals surface area contributed by atoms with Crippen LogP contribution in [0.5, 0.6) is 0 Å². The molecule has 0 spiro atoms. The predicted octanol–water partition coefficient (Wildman–Crippen LogP) is 3.72. The van der Waals surface area contributed by atoms with Gasteiger partial charge in [0.05, 0.1) is 17.4 Å². The molecule has 1 aromatic carbocycles. The van der Waals surface area contributed by atoms with E-state index in [2.05, 4.69) is 15.0 Å². The largest absolute Gasteiger partial charge is 0.433 e. The van der Waals surface area contributed by atoms with Crippen LogP contribution in [-0.2, 0) is 11.7 Å². The number of hydrogen-bond acceptors (Lipinski definition) is 4. The van der Waals surface area contributed by atoms with Gasteiger partial charge in [0.2, 0.25) is 0 Å². The van der Waals surface area contributed by atoms with Gasteiger partial charge >= 0.3 is 6.18 Å². The fraction of sp³-hybridized carbons (Fsp3) is 0.188. The second kappa shape index (κ2) is 5.61. The zero-order chi connectivity index (χ0) is 18.4. The molecule has 1 atom stereocenters. The maximum absolute atomic E-state index is 14.1. The molecule has 25 heavy (non-hydrogen) atoms. The van der Waals surface area contributed by atoms with Gasteiger partial charge in [0.25, 0.3) is 0 Å². The Morgan fingerprint density at radius 2 is 1.76 bits per heavy atom. The summed E-state index contributed by atoms with van der Waals surface area (Å²) >= 11 is 0. The van der Waals surface area contributed by atoms with Gasteiger partial charge in [-0.15, -0.1) is 0 Å². The molecule has 0 aliphatic carbocycles. The summed E-state index contributed by atoms with van der Waals surface area (Å²) in [6.07, 6.45) is -2.70. The molecule has 1 aliphatic heterocycles. The first-order valence-electron chi connectivity index (χ1n) is 7.04. The van der Waals surface area contributed by atoms with E-state index in [-0.39, 0.29) is 17.1 Å². The quantitative estimate of drug-likeness (QED) is 0.794. The summed E-state index contributed by atoms with van der Waals surface area (Å²) in [5.41, 5.74) is 2.60.